The smallest absolute Gasteiger partial charge is 0.406 e. The van der Waals surface area contributed by atoms with Gasteiger partial charge in [0.05, 0.1) is 0 Å². The lowest BCUT2D eigenvalue weighted by molar-refractivity contribution is -0.149. The number of carbonyl (C=O) groups excluding carboxylic acids is 1. The van der Waals surface area contributed by atoms with Crippen LogP contribution in [0.5, 0.6) is 0 Å². The third-order valence-electron chi connectivity index (χ3n) is 2.20. The van der Waals surface area contributed by atoms with Crippen LogP contribution < -0.4 is 0 Å². The number of hydrogen-bond acceptors (Lipinski definition) is 3. The van der Waals surface area contributed by atoms with Crippen molar-refractivity contribution in [2.45, 2.75) is 13.1 Å². The zero-order valence-corrected chi connectivity index (χ0v) is 9.94. The minimum absolute atomic E-state index is 0.187. The van der Waals surface area contributed by atoms with E-state index in [4.69, 9.17) is 5.11 Å². The molecular weight excluding hydrogens is 265 g/mol. The Bertz CT molecular complexity index is 488. The molecule has 0 aromatic carbocycles. The molecule has 1 aromatic rings. The summed E-state index contributed by atoms with van der Waals surface area (Å²) in [4.78, 5) is 26.3. The molecule has 8 heteroatoms. The highest BCUT2D eigenvalue weighted by Gasteiger charge is 2.35. The Balaban J connectivity index is 3.01. The molecule has 1 amide bonds. The van der Waals surface area contributed by atoms with Crippen molar-refractivity contribution in [1.29, 1.82) is 0 Å². The highest BCUT2D eigenvalue weighted by atomic mass is 19.4. The Hall–Kier alpha value is -2.12. The minimum atomic E-state index is -4.67. The fourth-order valence-electron chi connectivity index (χ4n) is 1.44. The third kappa shape index (κ3) is 4.57. The van der Waals surface area contributed by atoms with E-state index in [-0.39, 0.29) is 10.6 Å². The molecule has 19 heavy (non-hydrogen) atoms. The van der Waals surface area contributed by atoms with Gasteiger partial charge in [-0.05, 0) is 18.6 Å². The van der Waals surface area contributed by atoms with Gasteiger partial charge in [0.1, 0.15) is 18.8 Å². The second kappa shape index (κ2) is 5.68. The maximum absolute atomic E-state index is 12.3. The average molecular weight is 276 g/mol. The molecule has 1 rings (SSSR count). The SMILES string of the molecule is Cc1cccnc1C(=O)N(CC(=O)O)CC(F)(F)F. The lowest BCUT2D eigenvalue weighted by Gasteiger charge is -2.22. The summed E-state index contributed by atoms with van der Waals surface area (Å²) in [6.07, 6.45) is -3.42. The molecule has 1 heterocycles. The van der Waals surface area contributed by atoms with E-state index in [0.717, 1.165) is 0 Å². The van der Waals surface area contributed by atoms with Crippen molar-refractivity contribution in [1.82, 2.24) is 9.88 Å². The monoisotopic (exact) mass is 276 g/mol. The molecule has 5 nitrogen and oxygen atoms in total. The number of hydrogen-bond donors (Lipinski definition) is 1. The number of rotatable bonds is 4. The fraction of sp³-hybridized carbons (Fsp3) is 0.364. The second-order valence-electron chi connectivity index (χ2n) is 3.84. The standard InChI is InChI=1S/C11H11F3N2O3/c1-7-3-2-4-15-9(7)10(19)16(5-8(17)18)6-11(12,13)14/h2-4H,5-6H2,1H3,(H,17,18). The van der Waals surface area contributed by atoms with Gasteiger partial charge >= 0.3 is 12.1 Å². The summed E-state index contributed by atoms with van der Waals surface area (Å²) in [5.41, 5.74) is 0.193. The Morgan fingerprint density at radius 3 is 2.53 bits per heavy atom. The van der Waals surface area contributed by atoms with Crippen LogP contribution in [0.15, 0.2) is 18.3 Å². The molecule has 0 saturated heterocycles. The van der Waals surface area contributed by atoms with Gasteiger partial charge in [0.15, 0.2) is 0 Å². The number of carboxylic acids is 1. The largest absolute Gasteiger partial charge is 0.480 e. The van der Waals surface area contributed by atoms with Crippen molar-refractivity contribution in [2.24, 2.45) is 0 Å². The van der Waals surface area contributed by atoms with E-state index in [1.807, 2.05) is 0 Å². The second-order valence-corrected chi connectivity index (χ2v) is 3.84. The summed E-state index contributed by atoms with van der Waals surface area (Å²) in [6.45, 7) is -1.16. The number of aryl methyl sites for hydroxylation is 1. The first-order valence-corrected chi connectivity index (χ1v) is 5.20. The van der Waals surface area contributed by atoms with Crippen molar-refractivity contribution >= 4 is 11.9 Å². The molecule has 1 aromatic heterocycles. The van der Waals surface area contributed by atoms with Gasteiger partial charge in [-0.3, -0.25) is 14.6 Å². The summed E-state index contributed by atoms with van der Waals surface area (Å²) in [5, 5.41) is 8.56. The summed E-state index contributed by atoms with van der Waals surface area (Å²) >= 11 is 0. The quantitative estimate of drug-likeness (QED) is 0.904. The van der Waals surface area contributed by atoms with E-state index in [1.54, 1.807) is 0 Å². The van der Waals surface area contributed by atoms with E-state index in [1.165, 1.54) is 25.3 Å². The molecule has 0 aliphatic rings. The lowest BCUT2D eigenvalue weighted by Crippen LogP contribution is -2.42. The molecule has 104 valence electrons. The van der Waals surface area contributed by atoms with Gasteiger partial charge in [-0.25, -0.2) is 0 Å². The number of carbonyl (C=O) groups is 2. The van der Waals surface area contributed by atoms with Crippen LogP contribution >= 0.6 is 0 Å². The molecule has 1 N–H and O–H groups in total. The number of aliphatic carboxylic acids is 1. The predicted molar refractivity (Wildman–Crippen MR) is 58.6 cm³/mol. The van der Waals surface area contributed by atoms with E-state index >= 15 is 0 Å². The van der Waals surface area contributed by atoms with Gasteiger partial charge in [0.25, 0.3) is 5.91 Å². The molecule has 0 saturated carbocycles. The number of alkyl halides is 3. The topological polar surface area (TPSA) is 70.5 Å². The van der Waals surface area contributed by atoms with Crippen molar-refractivity contribution in [3.8, 4) is 0 Å². The first-order valence-electron chi connectivity index (χ1n) is 5.20. The maximum Gasteiger partial charge on any atom is 0.406 e. The zero-order chi connectivity index (χ0) is 14.6. The number of carboxylic acid groups (broad SMARTS) is 1. The van der Waals surface area contributed by atoms with E-state index in [9.17, 15) is 22.8 Å². The third-order valence-corrected chi connectivity index (χ3v) is 2.20. The number of aromatic nitrogens is 1. The van der Waals surface area contributed by atoms with Gasteiger partial charge in [0, 0.05) is 6.20 Å². The average Bonchev–Trinajstić information content (AvgIpc) is 2.25. The van der Waals surface area contributed by atoms with Crippen LogP contribution in [0.2, 0.25) is 0 Å². The lowest BCUT2D eigenvalue weighted by atomic mass is 10.2. The Morgan fingerprint density at radius 1 is 1.42 bits per heavy atom. The molecule has 0 spiro atoms. The number of pyridine rings is 1. The number of nitrogens with zero attached hydrogens (tertiary/aromatic N) is 2. The maximum atomic E-state index is 12.3. The van der Waals surface area contributed by atoms with Crippen molar-refractivity contribution in [3.05, 3.63) is 29.6 Å². The number of amides is 1. The first kappa shape index (κ1) is 14.9. The van der Waals surface area contributed by atoms with Crippen LogP contribution in [0.4, 0.5) is 13.2 Å². The van der Waals surface area contributed by atoms with Crippen LogP contribution in [-0.2, 0) is 4.79 Å². The van der Waals surface area contributed by atoms with E-state index in [0.29, 0.717) is 5.56 Å². The van der Waals surface area contributed by atoms with Gasteiger partial charge in [-0.1, -0.05) is 6.07 Å². The highest BCUT2D eigenvalue weighted by Crippen LogP contribution is 2.18. The molecule has 0 bridgehead atoms. The van der Waals surface area contributed by atoms with Gasteiger partial charge in [0.2, 0.25) is 0 Å². The molecule has 0 unspecified atom stereocenters. The van der Waals surface area contributed by atoms with Crippen LogP contribution in [0, 0.1) is 6.92 Å². The first-order chi connectivity index (χ1) is 8.70. The summed E-state index contributed by atoms with van der Waals surface area (Å²) < 4.78 is 37.0. The van der Waals surface area contributed by atoms with Crippen LogP contribution in [0.3, 0.4) is 0 Å². The molecule has 0 radical (unpaired) electrons. The summed E-state index contributed by atoms with van der Waals surface area (Å²) in [7, 11) is 0. The predicted octanol–water partition coefficient (Wildman–Crippen LogP) is 1.48. The zero-order valence-electron chi connectivity index (χ0n) is 9.94. The molecule has 0 aliphatic carbocycles. The molecule has 0 aliphatic heterocycles. The fourth-order valence-corrected chi connectivity index (χ4v) is 1.44. The molecular formula is C11H11F3N2O3. The van der Waals surface area contributed by atoms with Gasteiger partial charge in [-0.2, -0.15) is 13.2 Å². The molecule has 0 fully saturated rings. The Kier molecular flexibility index (Phi) is 4.47. The summed E-state index contributed by atoms with van der Waals surface area (Å²) in [6, 6.07) is 3.03. The van der Waals surface area contributed by atoms with Crippen molar-refractivity contribution in [3.63, 3.8) is 0 Å². The van der Waals surface area contributed by atoms with Crippen LogP contribution in [-0.4, -0.2) is 46.1 Å². The Labute approximate surface area is 106 Å². The van der Waals surface area contributed by atoms with Gasteiger partial charge < -0.3 is 10.0 Å². The summed E-state index contributed by atoms with van der Waals surface area (Å²) in [5.74, 6) is -2.58. The van der Waals surface area contributed by atoms with E-state index < -0.39 is 31.1 Å². The minimum Gasteiger partial charge on any atom is -0.480 e. The Morgan fingerprint density at radius 2 is 2.05 bits per heavy atom. The van der Waals surface area contributed by atoms with Crippen molar-refractivity contribution in [2.75, 3.05) is 13.1 Å². The highest BCUT2D eigenvalue weighted by molar-refractivity contribution is 5.95. The number of halogens is 3. The molecule has 0 atom stereocenters. The van der Waals surface area contributed by atoms with Crippen LogP contribution in [0.1, 0.15) is 16.1 Å². The van der Waals surface area contributed by atoms with Crippen LogP contribution in [0.25, 0.3) is 0 Å². The van der Waals surface area contributed by atoms with E-state index in [2.05, 4.69) is 4.98 Å². The normalized spacial score (nSPS) is 11.2. The van der Waals surface area contributed by atoms with Crippen molar-refractivity contribution < 1.29 is 27.9 Å². The van der Waals surface area contributed by atoms with Gasteiger partial charge in [-0.15, -0.1) is 0 Å².